The third-order valence-corrected chi connectivity index (χ3v) is 3.37. The number of aliphatic imine (C=N–C) groups is 1. The average Bonchev–Trinajstić information content (AvgIpc) is 3.01. The smallest absolute Gasteiger partial charge is 0.132 e. The van der Waals surface area contributed by atoms with Crippen molar-refractivity contribution in [3.8, 4) is 5.75 Å². The van der Waals surface area contributed by atoms with Gasteiger partial charge in [-0.25, -0.2) is 4.98 Å². The van der Waals surface area contributed by atoms with Crippen LogP contribution in [0.3, 0.4) is 0 Å². The van der Waals surface area contributed by atoms with Gasteiger partial charge in [-0.2, -0.15) is 0 Å². The van der Waals surface area contributed by atoms with Gasteiger partial charge in [0.05, 0.1) is 18.7 Å². The molecule has 0 spiro atoms. The van der Waals surface area contributed by atoms with E-state index in [1.165, 1.54) is 5.57 Å². The SMILES string of the molecule is Nc1cc(OCCCO)c2ccc(C3=CC=NC3)cc2n1. The second-order valence-corrected chi connectivity index (χ2v) is 4.88. The second kappa shape index (κ2) is 5.93. The molecule has 1 aliphatic rings. The zero-order valence-electron chi connectivity index (χ0n) is 11.6. The van der Waals surface area contributed by atoms with Gasteiger partial charge < -0.3 is 15.6 Å². The van der Waals surface area contributed by atoms with Gasteiger partial charge in [0.25, 0.3) is 0 Å². The summed E-state index contributed by atoms with van der Waals surface area (Å²) in [4.78, 5) is 8.57. The predicted octanol–water partition coefficient (Wildman–Crippen LogP) is 2.05. The lowest BCUT2D eigenvalue weighted by molar-refractivity contribution is 0.235. The average molecular weight is 283 g/mol. The maximum atomic E-state index is 8.83. The minimum Gasteiger partial charge on any atom is -0.493 e. The van der Waals surface area contributed by atoms with E-state index in [1.807, 2.05) is 30.5 Å². The van der Waals surface area contributed by atoms with Crippen LogP contribution >= 0.6 is 0 Å². The number of fused-ring (bicyclic) bond motifs is 1. The second-order valence-electron chi connectivity index (χ2n) is 4.88. The Bertz CT molecular complexity index is 723. The third-order valence-electron chi connectivity index (χ3n) is 3.37. The van der Waals surface area contributed by atoms with Crippen molar-refractivity contribution < 1.29 is 9.84 Å². The minimum atomic E-state index is 0.108. The fraction of sp³-hybridized carbons (Fsp3) is 0.250. The molecule has 0 aliphatic carbocycles. The zero-order chi connectivity index (χ0) is 14.7. The van der Waals surface area contributed by atoms with Crippen molar-refractivity contribution in [1.82, 2.24) is 4.98 Å². The number of hydrogen-bond donors (Lipinski definition) is 2. The van der Waals surface area contributed by atoms with Crippen molar-refractivity contribution >= 4 is 28.5 Å². The van der Waals surface area contributed by atoms with Crippen LogP contribution in [0.5, 0.6) is 5.75 Å². The molecular formula is C16H17N3O2. The van der Waals surface area contributed by atoms with Gasteiger partial charge in [-0.05, 0) is 29.3 Å². The Kier molecular flexibility index (Phi) is 3.83. The molecule has 0 saturated carbocycles. The molecule has 1 aromatic heterocycles. The van der Waals surface area contributed by atoms with Crippen LogP contribution < -0.4 is 10.5 Å². The van der Waals surface area contributed by atoms with E-state index >= 15 is 0 Å². The van der Waals surface area contributed by atoms with Crippen LogP contribution in [-0.2, 0) is 0 Å². The number of nitrogens with two attached hydrogens (primary N) is 1. The van der Waals surface area contributed by atoms with Crippen molar-refractivity contribution in [3.63, 3.8) is 0 Å². The molecule has 0 amide bonds. The molecule has 2 aromatic rings. The van der Waals surface area contributed by atoms with E-state index in [2.05, 4.69) is 9.98 Å². The fourth-order valence-corrected chi connectivity index (χ4v) is 2.32. The molecule has 3 rings (SSSR count). The van der Waals surface area contributed by atoms with E-state index in [-0.39, 0.29) is 6.61 Å². The van der Waals surface area contributed by atoms with Gasteiger partial charge in [-0.1, -0.05) is 6.07 Å². The maximum Gasteiger partial charge on any atom is 0.132 e. The summed E-state index contributed by atoms with van der Waals surface area (Å²) >= 11 is 0. The van der Waals surface area contributed by atoms with Crippen LogP contribution in [0.15, 0.2) is 35.3 Å². The van der Waals surface area contributed by atoms with E-state index in [0.717, 1.165) is 16.5 Å². The number of benzene rings is 1. The zero-order valence-corrected chi connectivity index (χ0v) is 11.6. The van der Waals surface area contributed by atoms with Gasteiger partial charge in [0.15, 0.2) is 0 Å². The number of hydrogen-bond acceptors (Lipinski definition) is 5. The maximum absolute atomic E-state index is 8.83. The topological polar surface area (TPSA) is 80.7 Å². The lowest BCUT2D eigenvalue weighted by Crippen LogP contribution is -2.02. The highest BCUT2D eigenvalue weighted by Gasteiger charge is 2.09. The molecule has 3 N–H and O–H groups in total. The minimum absolute atomic E-state index is 0.108. The Morgan fingerprint density at radius 1 is 1.29 bits per heavy atom. The lowest BCUT2D eigenvalue weighted by atomic mass is 10.0. The van der Waals surface area contributed by atoms with E-state index in [0.29, 0.717) is 31.1 Å². The number of nitrogens with zero attached hydrogens (tertiary/aromatic N) is 2. The summed E-state index contributed by atoms with van der Waals surface area (Å²) in [5, 5.41) is 9.76. The Hall–Kier alpha value is -2.40. The largest absolute Gasteiger partial charge is 0.493 e. The summed E-state index contributed by atoms with van der Waals surface area (Å²) in [5.74, 6) is 1.13. The van der Waals surface area contributed by atoms with Gasteiger partial charge in [0.2, 0.25) is 0 Å². The van der Waals surface area contributed by atoms with Gasteiger partial charge in [0.1, 0.15) is 11.6 Å². The van der Waals surface area contributed by atoms with Crippen LogP contribution in [0.4, 0.5) is 5.82 Å². The molecule has 0 bridgehead atoms. The summed E-state index contributed by atoms with van der Waals surface area (Å²) in [7, 11) is 0. The molecule has 5 nitrogen and oxygen atoms in total. The molecule has 108 valence electrons. The third kappa shape index (κ3) is 2.87. The van der Waals surface area contributed by atoms with E-state index in [1.54, 1.807) is 6.07 Å². The molecule has 21 heavy (non-hydrogen) atoms. The Labute approximate surface area is 122 Å². The molecule has 0 atom stereocenters. The molecule has 0 unspecified atom stereocenters. The highest BCUT2D eigenvalue weighted by atomic mass is 16.5. The summed E-state index contributed by atoms with van der Waals surface area (Å²) in [6.07, 6.45) is 4.41. The molecular weight excluding hydrogens is 266 g/mol. The molecule has 0 saturated heterocycles. The van der Waals surface area contributed by atoms with Crippen LogP contribution in [0.2, 0.25) is 0 Å². The first-order valence-electron chi connectivity index (χ1n) is 6.91. The Morgan fingerprint density at radius 3 is 2.95 bits per heavy atom. The van der Waals surface area contributed by atoms with Crippen LogP contribution in [0.25, 0.3) is 16.5 Å². The number of aromatic nitrogens is 1. The van der Waals surface area contributed by atoms with Crippen LogP contribution in [0.1, 0.15) is 12.0 Å². The number of allylic oxidation sites excluding steroid dienone is 1. The van der Waals surface area contributed by atoms with Crippen LogP contribution in [-0.4, -0.2) is 36.1 Å². The van der Waals surface area contributed by atoms with E-state index in [9.17, 15) is 0 Å². The number of pyridine rings is 1. The summed E-state index contributed by atoms with van der Waals surface area (Å²) in [5.41, 5.74) is 8.92. The van der Waals surface area contributed by atoms with Crippen molar-refractivity contribution in [1.29, 1.82) is 0 Å². The molecule has 1 aromatic carbocycles. The quantitative estimate of drug-likeness (QED) is 0.823. The molecule has 5 heteroatoms. The van der Waals surface area contributed by atoms with Crippen LogP contribution in [0, 0.1) is 0 Å². The van der Waals surface area contributed by atoms with Crippen molar-refractivity contribution in [2.45, 2.75) is 6.42 Å². The van der Waals surface area contributed by atoms with Crippen molar-refractivity contribution in [2.75, 3.05) is 25.5 Å². The number of rotatable bonds is 5. The summed E-state index contributed by atoms with van der Waals surface area (Å²) in [6.45, 7) is 1.26. The normalized spacial score (nSPS) is 13.7. The highest BCUT2D eigenvalue weighted by molar-refractivity contribution is 5.94. The van der Waals surface area contributed by atoms with E-state index < -0.39 is 0 Å². The molecule has 1 aliphatic heterocycles. The number of nitrogen functional groups attached to an aromatic ring is 1. The molecule has 0 radical (unpaired) electrons. The predicted molar refractivity (Wildman–Crippen MR) is 84.7 cm³/mol. The van der Waals surface area contributed by atoms with Gasteiger partial charge >= 0.3 is 0 Å². The van der Waals surface area contributed by atoms with Crippen molar-refractivity contribution in [2.24, 2.45) is 4.99 Å². The summed E-state index contributed by atoms with van der Waals surface area (Å²) in [6, 6.07) is 7.76. The Balaban J connectivity index is 1.97. The fourth-order valence-electron chi connectivity index (χ4n) is 2.32. The number of anilines is 1. The molecule has 2 heterocycles. The number of ether oxygens (including phenoxy) is 1. The first-order valence-corrected chi connectivity index (χ1v) is 6.91. The standard InChI is InChI=1S/C16H17N3O2/c17-16-9-15(21-7-1-6-20)13-3-2-11(8-14(13)19-16)12-4-5-18-10-12/h2-5,8-9,20H,1,6-7,10H2,(H2,17,19). The molecule has 0 fully saturated rings. The van der Waals surface area contributed by atoms with Gasteiger partial charge in [-0.3, -0.25) is 4.99 Å². The Morgan fingerprint density at radius 2 is 2.19 bits per heavy atom. The first kappa shape index (κ1) is 13.6. The number of aliphatic hydroxyl groups is 1. The monoisotopic (exact) mass is 283 g/mol. The van der Waals surface area contributed by atoms with Crippen molar-refractivity contribution in [3.05, 3.63) is 35.9 Å². The number of aliphatic hydroxyl groups excluding tert-OH is 1. The van der Waals surface area contributed by atoms with Gasteiger partial charge in [-0.15, -0.1) is 0 Å². The lowest BCUT2D eigenvalue weighted by Gasteiger charge is -2.11. The summed E-state index contributed by atoms with van der Waals surface area (Å²) < 4.78 is 5.69. The van der Waals surface area contributed by atoms with E-state index in [4.69, 9.17) is 15.6 Å². The highest BCUT2D eigenvalue weighted by Crippen LogP contribution is 2.29. The first-order chi connectivity index (χ1) is 10.3. The van der Waals surface area contributed by atoms with Gasteiger partial charge in [0, 0.05) is 30.7 Å².